The fourth-order valence-corrected chi connectivity index (χ4v) is 5.56. The Morgan fingerprint density at radius 2 is 1.50 bits per heavy atom. The van der Waals surface area contributed by atoms with E-state index in [-0.39, 0.29) is 28.7 Å². The number of phenols is 1. The number of anilines is 2. The lowest BCUT2D eigenvalue weighted by Gasteiger charge is -2.23. The zero-order valence-electron chi connectivity index (χ0n) is 24.9. The smallest absolute Gasteiger partial charge is 0.305 e. The SMILES string of the molecule is COc1ccc(NS(=O)(=O)c2ccc(NC(=O)CC(CC(C)C)C(=O)N[C@@H](CC(=O)O)c3ccc(O)c(OC)c3)cc2)cc1. The molecule has 1 unspecified atom stereocenters. The monoisotopic (exact) mass is 627 g/mol. The molecule has 0 aromatic heterocycles. The third-order valence-corrected chi connectivity index (χ3v) is 8.05. The summed E-state index contributed by atoms with van der Waals surface area (Å²) in [5.74, 6) is -2.28. The summed E-state index contributed by atoms with van der Waals surface area (Å²) >= 11 is 0. The number of carboxylic acid groups (broad SMARTS) is 1. The molecule has 0 spiro atoms. The number of amides is 2. The average molecular weight is 628 g/mol. The van der Waals surface area contributed by atoms with Crippen molar-refractivity contribution in [2.75, 3.05) is 24.3 Å². The minimum Gasteiger partial charge on any atom is -0.504 e. The van der Waals surface area contributed by atoms with E-state index in [2.05, 4.69) is 15.4 Å². The van der Waals surface area contributed by atoms with Crippen molar-refractivity contribution in [1.82, 2.24) is 5.32 Å². The number of methoxy groups -OCH3 is 2. The lowest BCUT2D eigenvalue weighted by Crippen LogP contribution is -2.37. The number of carbonyl (C=O) groups excluding carboxylic acids is 2. The molecule has 2 amide bonds. The lowest BCUT2D eigenvalue weighted by molar-refractivity contribution is -0.138. The Labute approximate surface area is 256 Å². The van der Waals surface area contributed by atoms with Crippen LogP contribution in [0.1, 0.15) is 44.7 Å². The zero-order chi connectivity index (χ0) is 32.4. The molecule has 0 aliphatic rings. The Morgan fingerprint density at radius 3 is 2.07 bits per heavy atom. The van der Waals surface area contributed by atoms with Crippen LogP contribution in [0.3, 0.4) is 0 Å². The van der Waals surface area contributed by atoms with Crippen molar-refractivity contribution in [2.24, 2.45) is 11.8 Å². The first-order valence-electron chi connectivity index (χ1n) is 13.8. The molecule has 3 aromatic carbocycles. The van der Waals surface area contributed by atoms with Crippen molar-refractivity contribution in [2.45, 2.75) is 44.0 Å². The summed E-state index contributed by atoms with van der Waals surface area (Å²) in [6, 6.07) is 15.3. The van der Waals surface area contributed by atoms with E-state index in [1.54, 1.807) is 24.3 Å². The molecule has 5 N–H and O–H groups in total. The Kier molecular flexibility index (Phi) is 11.6. The van der Waals surface area contributed by atoms with Gasteiger partial charge in [0.1, 0.15) is 5.75 Å². The molecule has 44 heavy (non-hydrogen) atoms. The fraction of sp³-hybridized carbons (Fsp3) is 0.323. The molecule has 236 valence electrons. The van der Waals surface area contributed by atoms with Crippen molar-refractivity contribution < 1.29 is 42.5 Å². The van der Waals surface area contributed by atoms with Crippen molar-refractivity contribution in [3.05, 3.63) is 72.3 Å². The number of carbonyl (C=O) groups is 3. The predicted molar refractivity (Wildman–Crippen MR) is 164 cm³/mol. The second kappa shape index (κ2) is 15.1. The van der Waals surface area contributed by atoms with Gasteiger partial charge in [-0.15, -0.1) is 0 Å². The van der Waals surface area contributed by atoms with Gasteiger partial charge in [0, 0.05) is 23.7 Å². The number of carboxylic acids is 1. The van der Waals surface area contributed by atoms with Crippen LogP contribution in [0.15, 0.2) is 71.6 Å². The van der Waals surface area contributed by atoms with Crippen LogP contribution in [0, 0.1) is 11.8 Å². The van der Waals surface area contributed by atoms with Crippen LogP contribution in [0.4, 0.5) is 11.4 Å². The van der Waals surface area contributed by atoms with Gasteiger partial charge in [-0.25, -0.2) is 8.42 Å². The van der Waals surface area contributed by atoms with E-state index >= 15 is 0 Å². The van der Waals surface area contributed by atoms with E-state index in [0.29, 0.717) is 29.1 Å². The minimum absolute atomic E-state index is 0.0151. The van der Waals surface area contributed by atoms with Gasteiger partial charge in [-0.1, -0.05) is 19.9 Å². The minimum atomic E-state index is -3.89. The highest BCUT2D eigenvalue weighted by Gasteiger charge is 2.27. The van der Waals surface area contributed by atoms with Crippen LogP contribution >= 0.6 is 0 Å². The van der Waals surface area contributed by atoms with Gasteiger partial charge < -0.3 is 30.3 Å². The second-order valence-corrected chi connectivity index (χ2v) is 12.2. The highest BCUT2D eigenvalue weighted by Crippen LogP contribution is 2.31. The molecule has 0 radical (unpaired) electrons. The topological polar surface area (TPSA) is 180 Å². The first kappa shape index (κ1) is 33.7. The Balaban J connectivity index is 1.69. The summed E-state index contributed by atoms with van der Waals surface area (Å²) in [5.41, 5.74) is 1.11. The van der Waals surface area contributed by atoms with E-state index in [1.165, 1.54) is 56.7 Å². The molecule has 0 aliphatic heterocycles. The predicted octanol–water partition coefficient (Wildman–Crippen LogP) is 4.53. The molecule has 0 bridgehead atoms. The van der Waals surface area contributed by atoms with Gasteiger partial charge >= 0.3 is 5.97 Å². The highest BCUT2D eigenvalue weighted by atomic mass is 32.2. The summed E-state index contributed by atoms with van der Waals surface area (Å²) in [6.07, 6.45) is -0.267. The number of phenolic OH excluding ortho intramolecular Hbond substituents is 1. The summed E-state index contributed by atoms with van der Waals surface area (Å²) < 4.78 is 38.3. The average Bonchev–Trinajstić information content (AvgIpc) is 2.96. The van der Waals surface area contributed by atoms with Crippen LogP contribution in [-0.2, 0) is 24.4 Å². The van der Waals surface area contributed by atoms with Gasteiger partial charge in [0.15, 0.2) is 11.5 Å². The Hall–Kier alpha value is -4.78. The van der Waals surface area contributed by atoms with E-state index in [0.717, 1.165) is 0 Å². The maximum Gasteiger partial charge on any atom is 0.305 e. The molecule has 3 aromatic rings. The largest absolute Gasteiger partial charge is 0.504 e. The molecule has 0 fully saturated rings. The van der Waals surface area contributed by atoms with Crippen molar-refractivity contribution in [3.8, 4) is 17.2 Å². The van der Waals surface area contributed by atoms with Crippen molar-refractivity contribution >= 4 is 39.2 Å². The number of aliphatic carboxylic acids is 1. The molecule has 12 nitrogen and oxygen atoms in total. The van der Waals surface area contributed by atoms with Gasteiger partial charge in [-0.05, 0) is 78.6 Å². The number of hydrogen-bond acceptors (Lipinski definition) is 8. The molecular weight excluding hydrogens is 590 g/mol. The molecule has 0 aliphatic carbocycles. The molecule has 13 heteroatoms. The van der Waals surface area contributed by atoms with Gasteiger partial charge in [0.05, 0.1) is 31.6 Å². The Morgan fingerprint density at radius 1 is 0.864 bits per heavy atom. The molecule has 0 saturated heterocycles. The van der Waals surface area contributed by atoms with Crippen LogP contribution in [0.5, 0.6) is 17.2 Å². The van der Waals surface area contributed by atoms with Gasteiger partial charge in [0.25, 0.3) is 10.0 Å². The highest BCUT2D eigenvalue weighted by molar-refractivity contribution is 7.92. The Bertz CT molecular complexity index is 1560. The normalized spacial score (nSPS) is 12.6. The van der Waals surface area contributed by atoms with Crippen LogP contribution < -0.4 is 24.8 Å². The first-order chi connectivity index (χ1) is 20.8. The molecule has 0 saturated carbocycles. The number of hydrogen-bond donors (Lipinski definition) is 5. The number of aromatic hydroxyl groups is 1. The molecule has 3 rings (SSSR count). The summed E-state index contributed by atoms with van der Waals surface area (Å²) in [4.78, 5) is 37.9. The van der Waals surface area contributed by atoms with Crippen LogP contribution in [-0.4, -0.2) is 50.6 Å². The summed E-state index contributed by atoms with van der Waals surface area (Å²) in [5, 5.41) is 24.8. The van der Waals surface area contributed by atoms with E-state index in [1.807, 2.05) is 13.8 Å². The maximum atomic E-state index is 13.3. The van der Waals surface area contributed by atoms with Gasteiger partial charge in [0.2, 0.25) is 11.8 Å². The third kappa shape index (κ3) is 9.63. The van der Waals surface area contributed by atoms with E-state index in [4.69, 9.17) is 9.47 Å². The number of ether oxygens (including phenoxy) is 2. The van der Waals surface area contributed by atoms with E-state index in [9.17, 15) is 33.0 Å². The quantitative estimate of drug-likeness (QED) is 0.162. The standard InChI is InChI=1S/C31H37N3O9S/c1-19(2)15-21(31(39)33-26(18-30(37)38)20-5-14-27(35)28(16-20)43-4)17-29(36)32-22-8-12-25(13-9-22)44(40,41)34-23-6-10-24(42-3)11-7-23/h5-14,16,19,21,26,34-35H,15,17-18H2,1-4H3,(H,32,36)(H,33,39)(H,37,38)/t21?,26-/m0/s1. The number of rotatable bonds is 15. The van der Waals surface area contributed by atoms with Crippen molar-refractivity contribution in [3.63, 3.8) is 0 Å². The molecule has 2 atom stereocenters. The maximum absolute atomic E-state index is 13.3. The zero-order valence-corrected chi connectivity index (χ0v) is 25.7. The van der Waals surface area contributed by atoms with Gasteiger partial charge in [-0.2, -0.15) is 0 Å². The van der Waals surface area contributed by atoms with Crippen LogP contribution in [0.2, 0.25) is 0 Å². The molecule has 0 heterocycles. The number of sulfonamides is 1. The van der Waals surface area contributed by atoms with E-state index < -0.39 is 46.2 Å². The summed E-state index contributed by atoms with van der Waals surface area (Å²) in [7, 11) is -1.03. The van der Waals surface area contributed by atoms with Crippen LogP contribution in [0.25, 0.3) is 0 Å². The first-order valence-corrected chi connectivity index (χ1v) is 15.3. The second-order valence-electron chi connectivity index (χ2n) is 10.5. The molecular formula is C31H37N3O9S. The van der Waals surface area contributed by atoms with Gasteiger partial charge in [-0.3, -0.25) is 19.1 Å². The number of nitrogens with one attached hydrogen (secondary N) is 3. The summed E-state index contributed by atoms with van der Waals surface area (Å²) in [6.45, 7) is 3.80. The number of benzene rings is 3. The van der Waals surface area contributed by atoms with Crippen molar-refractivity contribution in [1.29, 1.82) is 0 Å². The fourth-order valence-electron chi connectivity index (χ4n) is 4.51. The third-order valence-electron chi connectivity index (χ3n) is 6.65. The lowest BCUT2D eigenvalue weighted by atomic mass is 9.92.